The summed E-state index contributed by atoms with van der Waals surface area (Å²) in [6.07, 6.45) is 4.03. The Balaban J connectivity index is 1.48. The topological polar surface area (TPSA) is 85.7 Å². The number of aliphatic hydroxyl groups excluding tert-OH is 1. The van der Waals surface area contributed by atoms with Gasteiger partial charge in [-0.15, -0.1) is 10.2 Å². The van der Waals surface area contributed by atoms with Gasteiger partial charge in [0.15, 0.2) is 11.5 Å². The van der Waals surface area contributed by atoms with Gasteiger partial charge in [0.2, 0.25) is 0 Å². The lowest BCUT2D eigenvalue weighted by atomic mass is 10.1. The fourth-order valence-electron chi connectivity index (χ4n) is 3.31. The summed E-state index contributed by atoms with van der Waals surface area (Å²) >= 11 is 1.53. The molecule has 7 nitrogen and oxygen atoms in total. The number of para-hydroxylation sites is 1. The van der Waals surface area contributed by atoms with Crippen molar-refractivity contribution in [1.82, 2.24) is 15.5 Å². The zero-order valence-corrected chi connectivity index (χ0v) is 20.3. The van der Waals surface area contributed by atoms with E-state index in [2.05, 4.69) is 22.4 Å². The lowest BCUT2D eigenvalue weighted by molar-refractivity contribution is 0.104. The molecule has 3 aromatic rings. The van der Waals surface area contributed by atoms with E-state index in [1.54, 1.807) is 14.2 Å². The Bertz CT molecular complexity index is 1050. The normalized spacial score (nSPS) is 13.1. The number of hydrogen-bond acceptors (Lipinski definition) is 8. The Labute approximate surface area is 199 Å². The molecule has 0 aliphatic carbocycles. The second kappa shape index (κ2) is 12.3. The van der Waals surface area contributed by atoms with Gasteiger partial charge in [0.25, 0.3) is 0 Å². The molecule has 0 saturated carbocycles. The third kappa shape index (κ3) is 7.56. The Hall–Kier alpha value is -2.94. The van der Waals surface area contributed by atoms with E-state index in [0.717, 1.165) is 27.6 Å². The van der Waals surface area contributed by atoms with Gasteiger partial charge < -0.3 is 24.6 Å². The molecule has 8 heteroatoms. The van der Waals surface area contributed by atoms with Gasteiger partial charge in [0, 0.05) is 18.2 Å². The number of ether oxygens (including phenoxy) is 3. The Kier molecular flexibility index (Phi) is 9.24. The third-order valence-electron chi connectivity index (χ3n) is 4.99. The molecule has 2 unspecified atom stereocenters. The molecule has 0 radical (unpaired) electrons. The summed E-state index contributed by atoms with van der Waals surface area (Å²) in [5.41, 5.74) is 2.05. The van der Waals surface area contributed by atoms with Crippen LogP contribution in [0, 0.1) is 6.92 Å². The lowest BCUT2D eigenvalue weighted by Crippen LogP contribution is -2.37. The maximum Gasteiger partial charge on any atom is 0.160 e. The maximum absolute atomic E-state index is 10.4. The molecule has 0 aliphatic rings. The molecule has 0 fully saturated rings. The second-order valence-corrected chi connectivity index (χ2v) is 8.91. The minimum absolute atomic E-state index is 0.170. The summed E-state index contributed by atoms with van der Waals surface area (Å²) < 4.78 is 16.6. The average Bonchev–Trinajstić information content (AvgIpc) is 3.25. The SMILES string of the molecule is COc1ccc(CC(C)NCC(O)COc2ccccc2/C=C\c2nnc(C)s2)cc1OC. The van der Waals surface area contributed by atoms with Crippen LogP contribution in [0.2, 0.25) is 0 Å². The van der Waals surface area contributed by atoms with Gasteiger partial charge in [-0.1, -0.05) is 35.6 Å². The molecule has 0 aliphatic heterocycles. The van der Waals surface area contributed by atoms with Crippen LogP contribution in [0.4, 0.5) is 0 Å². The number of aliphatic hydroxyl groups is 1. The molecule has 2 N–H and O–H groups in total. The molecule has 1 aromatic heterocycles. The van der Waals surface area contributed by atoms with Crippen LogP contribution in [-0.2, 0) is 6.42 Å². The predicted octanol–water partition coefficient (Wildman–Crippen LogP) is 3.99. The van der Waals surface area contributed by atoms with E-state index in [1.165, 1.54) is 11.3 Å². The van der Waals surface area contributed by atoms with Crippen LogP contribution in [0.5, 0.6) is 17.2 Å². The van der Waals surface area contributed by atoms with Crippen molar-refractivity contribution < 1.29 is 19.3 Å². The monoisotopic (exact) mass is 469 g/mol. The number of hydrogen-bond donors (Lipinski definition) is 2. The third-order valence-corrected chi connectivity index (χ3v) is 5.79. The summed E-state index contributed by atoms with van der Waals surface area (Å²) in [6, 6.07) is 13.8. The van der Waals surface area contributed by atoms with Crippen LogP contribution >= 0.6 is 11.3 Å². The highest BCUT2D eigenvalue weighted by molar-refractivity contribution is 7.12. The van der Waals surface area contributed by atoms with Crippen LogP contribution in [0.1, 0.15) is 28.1 Å². The number of methoxy groups -OCH3 is 2. The second-order valence-electron chi connectivity index (χ2n) is 7.70. The standard InChI is InChI=1S/C25H31N3O4S/c1-17(13-19-9-11-23(30-3)24(14-19)31-4)26-15-21(29)16-32-22-8-6-5-7-20(22)10-12-25-28-27-18(2)33-25/h5-12,14,17,21,26,29H,13,15-16H2,1-4H3/b12-10-. The Morgan fingerprint density at radius 2 is 1.82 bits per heavy atom. The first-order valence-electron chi connectivity index (χ1n) is 10.8. The fourth-order valence-corrected chi connectivity index (χ4v) is 3.91. The van der Waals surface area contributed by atoms with E-state index in [1.807, 2.05) is 61.5 Å². The van der Waals surface area contributed by atoms with Gasteiger partial charge in [-0.2, -0.15) is 0 Å². The van der Waals surface area contributed by atoms with Crippen LogP contribution in [0.3, 0.4) is 0 Å². The molecular weight excluding hydrogens is 438 g/mol. The highest BCUT2D eigenvalue weighted by atomic mass is 32.1. The van der Waals surface area contributed by atoms with E-state index < -0.39 is 6.10 Å². The van der Waals surface area contributed by atoms with Crippen molar-refractivity contribution in [2.24, 2.45) is 0 Å². The summed E-state index contributed by atoms with van der Waals surface area (Å²) in [6.45, 7) is 4.63. The largest absolute Gasteiger partial charge is 0.493 e. The van der Waals surface area contributed by atoms with Crippen LogP contribution in [-0.4, -0.2) is 54.8 Å². The minimum Gasteiger partial charge on any atom is -0.493 e. The molecule has 1 heterocycles. The quantitative estimate of drug-likeness (QED) is 0.415. The molecule has 2 atom stereocenters. The van der Waals surface area contributed by atoms with Crippen molar-refractivity contribution in [3.63, 3.8) is 0 Å². The Morgan fingerprint density at radius 3 is 2.55 bits per heavy atom. The van der Waals surface area contributed by atoms with Crippen molar-refractivity contribution >= 4 is 23.5 Å². The van der Waals surface area contributed by atoms with E-state index in [4.69, 9.17) is 14.2 Å². The summed E-state index contributed by atoms with van der Waals surface area (Å²) in [7, 11) is 3.25. The first-order chi connectivity index (χ1) is 16.0. The van der Waals surface area contributed by atoms with E-state index in [0.29, 0.717) is 23.8 Å². The van der Waals surface area contributed by atoms with Crippen LogP contribution < -0.4 is 19.5 Å². The van der Waals surface area contributed by atoms with Crippen molar-refractivity contribution in [2.45, 2.75) is 32.4 Å². The zero-order chi connectivity index (χ0) is 23.6. The first-order valence-corrected chi connectivity index (χ1v) is 11.6. The molecule has 0 bridgehead atoms. The van der Waals surface area contributed by atoms with E-state index in [9.17, 15) is 5.11 Å². The van der Waals surface area contributed by atoms with E-state index in [-0.39, 0.29) is 12.6 Å². The fraction of sp³-hybridized carbons (Fsp3) is 0.360. The number of benzene rings is 2. The van der Waals surface area contributed by atoms with Gasteiger partial charge in [-0.05, 0) is 56.2 Å². The predicted molar refractivity (Wildman–Crippen MR) is 132 cm³/mol. The van der Waals surface area contributed by atoms with Gasteiger partial charge >= 0.3 is 0 Å². The van der Waals surface area contributed by atoms with Gasteiger partial charge in [-0.3, -0.25) is 0 Å². The highest BCUT2D eigenvalue weighted by Crippen LogP contribution is 2.28. The minimum atomic E-state index is -0.638. The molecule has 0 spiro atoms. The lowest BCUT2D eigenvalue weighted by Gasteiger charge is -2.19. The number of nitrogens with one attached hydrogen (secondary N) is 1. The van der Waals surface area contributed by atoms with Crippen molar-refractivity contribution in [3.8, 4) is 17.2 Å². The number of rotatable bonds is 12. The number of nitrogens with zero attached hydrogens (tertiary/aromatic N) is 2. The molecular formula is C25H31N3O4S. The molecule has 2 aromatic carbocycles. The molecule has 33 heavy (non-hydrogen) atoms. The van der Waals surface area contributed by atoms with Crippen molar-refractivity contribution in [1.29, 1.82) is 0 Å². The van der Waals surface area contributed by atoms with Crippen LogP contribution in [0.25, 0.3) is 12.2 Å². The van der Waals surface area contributed by atoms with Gasteiger partial charge in [-0.25, -0.2) is 0 Å². The van der Waals surface area contributed by atoms with Crippen LogP contribution in [0.15, 0.2) is 42.5 Å². The number of aromatic nitrogens is 2. The van der Waals surface area contributed by atoms with E-state index >= 15 is 0 Å². The molecule has 0 saturated heterocycles. The smallest absolute Gasteiger partial charge is 0.160 e. The highest BCUT2D eigenvalue weighted by Gasteiger charge is 2.11. The van der Waals surface area contributed by atoms with Crippen molar-refractivity contribution in [3.05, 3.63) is 63.6 Å². The molecule has 176 valence electrons. The molecule has 3 rings (SSSR count). The summed E-state index contributed by atoms with van der Waals surface area (Å²) in [4.78, 5) is 0. The van der Waals surface area contributed by atoms with Gasteiger partial charge in [0.05, 0.1) is 14.2 Å². The van der Waals surface area contributed by atoms with Gasteiger partial charge in [0.1, 0.15) is 28.5 Å². The zero-order valence-electron chi connectivity index (χ0n) is 19.4. The Morgan fingerprint density at radius 1 is 1.03 bits per heavy atom. The van der Waals surface area contributed by atoms with Crippen molar-refractivity contribution in [2.75, 3.05) is 27.4 Å². The number of aryl methyl sites for hydroxylation is 1. The average molecular weight is 470 g/mol. The first kappa shape index (κ1) is 24.7. The summed E-state index contributed by atoms with van der Waals surface area (Å²) in [5, 5.41) is 23.7. The maximum atomic E-state index is 10.4. The molecule has 0 amide bonds. The summed E-state index contributed by atoms with van der Waals surface area (Å²) in [5.74, 6) is 2.14.